The minimum atomic E-state index is -0.699. The molecule has 0 spiro atoms. The fourth-order valence-electron chi connectivity index (χ4n) is 5.79. The first-order chi connectivity index (χ1) is 22.3. The van der Waals surface area contributed by atoms with E-state index in [4.69, 9.17) is 39.8 Å². The number of amides is 1. The maximum atomic E-state index is 14.3. The van der Waals surface area contributed by atoms with E-state index in [9.17, 15) is 9.59 Å². The van der Waals surface area contributed by atoms with Gasteiger partial charge in [0.15, 0.2) is 4.80 Å². The predicted octanol–water partition coefficient (Wildman–Crippen LogP) is 7.84. The molecule has 0 aliphatic carbocycles. The Kier molecular flexibility index (Phi) is 8.17. The number of carbonyl (C=O) groups is 1. The predicted molar refractivity (Wildman–Crippen MR) is 188 cm³/mol. The van der Waals surface area contributed by atoms with E-state index in [1.165, 1.54) is 11.3 Å². The highest BCUT2D eigenvalue weighted by Gasteiger charge is 2.32. The third kappa shape index (κ3) is 5.72. The van der Waals surface area contributed by atoms with Gasteiger partial charge in [0.05, 0.1) is 31.9 Å². The minimum absolute atomic E-state index is 0.234. The molecule has 0 fully saturated rings. The second-order valence-corrected chi connectivity index (χ2v) is 13.2. The van der Waals surface area contributed by atoms with E-state index in [1.54, 1.807) is 29.7 Å². The Balaban J connectivity index is 1.35. The summed E-state index contributed by atoms with van der Waals surface area (Å²) in [5.74, 6) is -0.327. The summed E-state index contributed by atoms with van der Waals surface area (Å²) < 4.78 is 4.25. The van der Waals surface area contributed by atoms with Gasteiger partial charge in [-0.2, -0.15) is 0 Å². The van der Waals surface area contributed by atoms with Gasteiger partial charge in [0.1, 0.15) is 0 Å². The molecule has 0 bridgehead atoms. The maximum Gasteiger partial charge on any atom is 0.271 e. The number of rotatable bonds is 6. The van der Waals surface area contributed by atoms with E-state index in [2.05, 4.69) is 9.88 Å². The summed E-state index contributed by atoms with van der Waals surface area (Å²) in [7, 11) is 0. The lowest BCUT2D eigenvalue weighted by Gasteiger charge is -2.25. The van der Waals surface area contributed by atoms with Gasteiger partial charge in [0, 0.05) is 39.9 Å². The molecular weight excluding hydrogens is 659 g/mol. The average molecular weight is 684 g/mol. The Morgan fingerprint density at radius 3 is 2.43 bits per heavy atom. The molecule has 6 nitrogen and oxygen atoms in total. The number of halogens is 3. The van der Waals surface area contributed by atoms with Gasteiger partial charge in [-0.3, -0.25) is 14.2 Å². The Morgan fingerprint density at radius 1 is 0.935 bits per heavy atom. The van der Waals surface area contributed by atoms with Crippen molar-refractivity contribution in [2.24, 2.45) is 4.99 Å². The summed E-state index contributed by atoms with van der Waals surface area (Å²) in [4.78, 5) is 33.4. The van der Waals surface area contributed by atoms with Crippen LogP contribution < -0.4 is 20.2 Å². The van der Waals surface area contributed by atoms with Crippen molar-refractivity contribution in [2.45, 2.75) is 19.5 Å². The van der Waals surface area contributed by atoms with Crippen molar-refractivity contribution in [3.05, 3.63) is 166 Å². The Morgan fingerprint density at radius 2 is 1.67 bits per heavy atom. The highest BCUT2D eigenvalue weighted by molar-refractivity contribution is 7.07. The smallest absolute Gasteiger partial charge is 0.271 e. The number of aromatic nitrogens is 2. The van der Waals surface area contributed by atoms with Crippen molar-refractivity contribution >= 4 is 74.7 Å². The van der Waals surface area contributed by atoms with Crippen molar-refractivity contribution in [3.8, 4) is 0 Å². The standard InChI is InChI=1S/C36H25Cl3N4O2S/c1-21-32(34(44)41-26-7-3-2-4-8-26)33(23-12-14-25(37)15-13-23)43-35(45)31(46-36(43)40-21)18-24-20-42(30-10-6-5-9-27(24)30)19-22-11-16-28(38)29(39)17-22/h2-18,20,33H,19H2,1H3,(H,41,44)/b31-18+. The normalized spacial score (nSPS) is 14.8. The van der Waals surface area contributed by atoms with Crippen LogP contribution in [0.2, 0.25) is 15.1 Å². The summed E-state index contributed by atoms with van der Waals surface area (Å²) >= 11 is 20.0. The average Bonchev–Trinajstić information content (AvgIpc) is 3.55. The maximum absolute atomic E-state index is 14.3. The molecule has 1 amide bonds. The number of benzene rings is 4. The van der Waals surface area contributed by atoms with Crippen LogP contribution in [0.4, 0.5) is 5.69 Å². The first kappa shape index (κ1) is 30.3. The zero-order valence-electron chi connectivity index (χ0n) is 24.4. The highest BCUT2D eigenvalue weighted by Crippen LogP contribution is 2.32. The summed E-state index contributed by atoms with van der Waals surface area (Å²) in [6, 6.07) is 29.4. The van der Waals surface area contributed by atoms with E-state index < -0.39 is 6.04 Å². The molecule has 228 valence electrons. The molecule has 0 radical (unpaired) electrons. The van der Waals surface area contributed by atoms with E-state index >= 15 is 0 Å². The first-order valence-corrected chi connectivity index (χ1v) is 16.4. The van der Waals surface area contributed by atoms with Crippen LogP contribution in [0.15, 0.2) is 124 Å². The molecule has 46 heavy (non-hydrogen) atoms. The highest BCUT2D eigenvalue weighted by atomic mass is 35.5. The van der Waals surface area contributed by atoms with Crippen molar-refractivity contribution in [3.63, 3.8) is 0 Å². The lowest BCUT2D eigenvalue weighted by molar-refractivity contribution is -0.113. The minimum Gasteiger partial charge on any atom is -0.342 e. The number of hydrogen-bond acceptors (Lipinski definition) is 4. The van der Waals surface area contributed by atoms with Crippen molar-refractivity contribution < 1.29 is 4.79 Å². The Labute approximate surface area is 283 Å². The van der Waals surface area contributed by atoms with Crippen LogP contribution in [-0.4, -0.2) is 15.0 Å². The SMILES string of the molecule is CC1=C(C(=O)Nc2ccccc2)C(c2ccc(Cl)cc2)n2c(s/c(=C/c3cn(Cc4ccc(Cl)c(Cl)c4)c4ccccc34)c2=O)=N1. The monoisotopic (exact) mass is 682 g/mol. The molecule has 1 aliphatic heterocycles. The summed E-state index contributed by atoms with van der Waals surface area (Å²) in [5, 5.41) is 5.55. The van der Waals surface area contributed by atoms with Gasteiger partial charge in [-0.25, -0.2) is 4.99 Å². The van der Waals surface area contributed by atoms with Crippen LogP contribution in [-0.2, 0) is 11.3 Å². The molecule has 4 aromatic carbocycles. The number of carbonyl (C=O) groups excluding carboxylic acids is 1. The number of allylic oxidation sites excluding steroid dienone is 1. The number of thiazole rings is 1. The van der Waals surface area contributed by atoms with Gasteiger partial charge in [0.2, 0.25) is 0 Å². The molecule has 0 saturated heterocycles. The third-order valence-corrected chi connectivity index (χ3v) is 9.90. The number of fused-ring (bicyclic) bond motifs is 2. The van der Waals surface area contributed by atoms with Crippen LogP contribution in [0.25, 0.3) is 17.0 Å². The summed E-state index contributed by atoms with van der Waals surface area (Å²) in [6.07, 6.45) is 3.94. The molecule has 7 rings (SSSR count). The van der Waals surface area contributed by atoms with Gasteiger partial charge < -0.3 is 9.88 Å². The molecule has 2 aromatic heterocycles. The van der Waals surface area contributed by atoms with E-state index in [-0.39, 0.29) is 11.5 Å². The van der Waals surface area contributed by atoms with Crippen molar-refractivity contribution in [2.75, 3.05) is 5.32 Å². The quantitative estimate of drug-likeness (QED) is 0.194. The zero-order valence-corrected chi connectivity index (χ0v) is 27.5. The first-order valence-electron chi connectivity index (χ1n) is 14.4. The molecule has 10 heteroatoms. The molecule has 3 heterocycles. The number of nitrogens with zero attached hydrogens (tertiary/aromatic N) is 3. The molecule has 1 N–H and O–H groups in total. The van der Waals surface area contributed by atoms with Crippen LogP contribution in [0, 0.1) is 0 Å². The van der Waals surface area contributed by atoms with Gasteiger partial charge in [-0.1, -0.05) is 101 Å². The van der Waals surface area contributed by atoms with Crippen LogP contribution >= 0.6 is 46.1 Å². The molecule has 1 unspecified atom stereocenters. The van der Waals surface area contributed by atoms with Gasteiger partial charge in [0.25, 0.3) is 11.5 Å². The van der Waals surface area contributed by atoms with Crippen molar-refractivity contribution in [1.82, 2.24) is 9.13 Å². The fraction of sp³-hybridized carbons (Fsp3) is 0.0833. The van der Waals surface area contributed by atoms with Crippen LogP contribution in [0.1, 0.15) is 29.7 Å². The lowest BCUT2D eigenvalue weighted by atomic mass is 9.95. The summed E-state index contributed by atoms with van der Waals surface area (Å²) in [6.45, 7) is 2.37. The fourth-order valence-corrected chi connectivity index (χ4v) is 7.27. The van der Waals surface area contributed by atoms with E-state index in [0.29, 0.717) is 47.9 Å². The molecule has 0 saturated carbocycles. The Hall–Kier alpha value is -4.40. The number of anilines is 1. The van der Waals surface area contributed by atoms with Gasteiger partial charge in [-0.05, 0) is 66.6 Å². The van der Waals surface area contributed by atoms with E-state index in [0.717, 1.165) is 27.6 Å². The Bertz CT molecular complexity index is 2360. The second kappa shape index (κ2) is 12.4. The van der Waals surface area contributed by atoms with Crippen molar-refractivity contribution in [1.29, 1.82) is 0 Å². The third-order valence-electron chi connectivity index (χ3n) is 7.93. The number of para-hydroxylation sites is 2. The molecular formula is C36H25Cl3N4O2S. The zero-order chi connectivity index (χ0) is 31.9. The second-order valence-electron chi connectivity index (χ2n) is 10.9. The van der Waals surface area contributed by atoms with Crippen LogP contribution in [0.5, 0.6) is 0 Å². The lowest BCUT2D eigenvalue weighted by Crippen LogP contribution is -2.40. The molecule has 6 aromatic rings. The molecule has 1 aliphatic rings. The largest absolute Gasteiger partial charge is 0.342 e. The molecule has 1 atom stereocenters. The number of hydrogen-bond donors (Lipinski definition) is 1. The topological polar surface area (TPSA) is 68.4 Å². The number of nitrogens with one attached hydrogen (secondary N) is 1. The van der Waals surface area contributed by atoms with E-state index in [1.807, 2.05) is 91.1 Å². The van der Waals surface area contributed by atoms with Gasteiger partial charge in [-0.15, -0.1) is 0 Å². The van der Waals surface area contributed by atoms with Crippen LogP contribution in [0.3, 0.4) is 0 Å². The summed E-state index contributed by atoms with van der Waals surface area (Å²) in [5.41, 5.74) is 5.01. The van der Waals surface area contributed by atoms with Gasteiger partial charge >= 0.3 is 0 Å².